The maximum atomic E-state index is 12.2. The number of nitrogens with zero attached hydrogens (tertiary/aromatic N) is 3. The molecule has 1 aromatic rings. The number of hydrogen-bond donors (Lipinski definition) is 1. The number of fused-ring (bicyclic) bond motifs is 1. The zero-order chi connectivity index (χ0) is 14.3. The van der Waals surface area contributed by atoms with Crippen molar-refractivity contribution in [1.29, 1.82) is 5.26 Å². The second-order valence-corrected chi connectivity index (χ2v) is 6.99. The van der Waals surface area contributed by atoms with Crippen molar-refractivity contribution in [2.24, 2.45) is 5.92 Å². The van der Waals surface area contributed by atoms with Crippen molar-refractivity contribution in [1.82, 2.24) is 4.90 Å². The number of likely N-dealkylation sites (N-methyl/N-ethyl adjacent to an activating group) is 1. The van der Waals surface area contributed by atoms with Gasteiger partial charge >= 0.3 is 0 Å². The molecule has 3 heterocycles. The largest absolute Gasteiger partial charge is 0.302 e. The zero-order valence-corrected chi connectivity index (χ0v) is 13.1. The molecule has 2 aliphatic rings. The molecule has 1 amide bonds. The van der Waals surface area contributed by atoms with Gasteiger partial charge in [-0.3, -0.25) is 4.79 Å². The molecular weight excluding hydrogens is 290 g/mol. The maximum absolute atomic E-state index is 12.2. The zero-order valence-electron chi connectivity index (χ0n) is 11.4. The van der Waals surface area contributed by atoms with Gasteiger partial charge in [-0.1, -0.05) is 0 Å². The summed E-state index contributed by atoms with van der Waals surface area (Å²) in [4.78, 5) is 17.5. The van der Waals surface area contributed by atoms with Gasteiger partial charge in [0.2, 0.25) is 5.91 Å². The second kappa shape index (κ2) is 5.40. The highest BCUT2D eigenvalue weighted by atomic mass is 32.1. The molecule has 0 aromatic carbocycles. The number of anilines is 1. The summed E-state index contributed by atoms with van der Waals surface area (Å²) >= 11 is 5.91. The summed E-state index contributed by atoms with van der Waals surface area (Å²) in [6.45, 7) is 2.56. The first-order chi connectivity index (χ1) is 9.63. The van der Waals surface area contributed by atoms with Crippen molar-refractivity contribution < 1.29 is 4.79 Å². The highest BCUT2D eigenvalue weighted by molar-refractivity contribution is 7.80. The van der Waals surface area contributed by atoms with E-state index in [-0.39, 0.29) is 5.91 Å². The Morgan fingerprint density at radius 3 is 3.00 bits per heavy atom. The molecule has 4 nitrogen and oxygen atoms in total. The minimum Gasteiger partial charge on any atom is -0.302 e. The third-order valence-electron chi connectivity index (χ3n) is 4.05. The van der Waals surface area contributed by atoms with Gasteiger partial charge in [-0.25, -0.2) is 0 Å². The molecular formula is C14H17N3OS2. The Labute approximate surface area is 128 Å². The van der Waals surface area contributed by atoms with Gasteiger partial charge in [-0.05, 0) is 30.7 Å². The van der Waals surface area contributed by atoms with Gasteiger partial charge in [0.1, 0.15) is 11.1 Å². The van der Waals surface area contributed by atoms with Crippen LogP contribution in [0.5, 0.6) is 0 Å². The van der Waals surface area contributed by atoms with Crippen molar-refractivity contribution in [3.05, 3.63) is 16.0 Å². The van der Waals surface area contributed by atoms with E-state index in [4.69, 9.17) is 0 Å². The highest BCUT2D eigenvalue weighted by Crippen LogP contribution is 2.40. The first-order valence-corrected chi connectivity index (χ1v) is 8.23. The maximum Gasteiger partial charge on any atom is 0.228 e. The number of thiol groups is 1. The van der Waals surface area contributed by atoms with E-state index in [0.29, 0.717) is 18.9 Å². The molecule has 1 atom stereocenters. The fourth-order valence-electron chi connectivity index (χ4n) is 2.92. The van der Waals surface area contributed by atoms with Crippen molar-refractivity contribution in [3.63, 3.8) is 0 Å². The van der Waals surface area contributed by atoms with Crippen LogP contribution in [0.15, 0.2) is 0 Å². The summed E-state index contributed by atoms with van der Waals surface area (Å²) in [7, 11) is 2.09. The quantitative estimate of drug-likeness (QED) is 0.849. The number of thiophene rings is 1. The Balaban J connectivity index is 1.98. The summed E-state index contributed by atoms with van der Waals surface area (Å²) in [5.41, 5.74) is 1.89. The van der Waals surface area contributed by atoms with Crippen LogP contribution in [0, 0.1) is 17.2 Å². The van der Waals surface area contributed by atoms with E-state index in [0.717, 1.165) is 41.4 Å². The van der Waals surface area contributed by atoms with Crippen LogP contribution in [0.3, 0.4) is 0 Å². The van der Waals surface area contributed by atoms with Gasteiger partial charge in [0.25, 0.3) is 0 Å². The molecule has 0 spiro atoms. The van der Waals surface area contributed by atoms with Crippen molar-refractivity contribution in [3.8, 4) is 6.07 Å². The lowest BCUT2D eigenvalue weighted by atomic mass is 10.0. The average Bonchev–Trinajstić information content (AvgIpc) is 2.97. The third-order valence-corrected chi connectivity index (χ3v) is 5.81. The Morgan fingerprint density at radius 1 is 1.55 bits per heavy atom. The topological polar surface area (TPSA) is 47.3 Å². The Morgan fingerprint density at radius 2 is 2.35 bits per heavy atom. The summed E-state index contributed by atoms with van der Waals surface area (Å²) in [6.07, 6.45) is 1.46. The van der Waals surface area contributed by atoms with Crippen molar-refractivity contribution in [2.75, 3.05) is 30.8 Å². The van der Waals surface area contributed by atoms with E-state index in [1.54, 1.807) is 11.3 Å². The number of carbonyl (C=O) groups is 1. The van der Waals surface area contributed by atoms with Crippen LogP contribution in [0.2, 0.25) is 0 Å². The molecule has 0 saturated carbocycles. The van der Waals surface area contributed by atoms with Gasteiger partial charge in [0.05, 0.1) is 5.56 Å². The van der Waals surface area contributed by atoms with Crippen LogP contribution in [-0.4, -0.2) is 36.7 Å². The molecule has 0 bridgehead atoms. The Bertz CT molecular complexity index is 590. The molecule has 0 N–H and O–H groups in total. The molecule has 6 heteroatoms. The Hall–Kier alpha value is -1.03. The minimum atomic E-state index is 0.132. The number of nitriles is 1. The number of carbonyl (C=O) groups excluding carboxylic acids is 1. The lowest BCUT2D eigenvalue weighted by Crippen LogP contribution is -2.26. The van der Waals surface area contributed by atoms with Crippen LogP contribution in [-0.2, 0) is 17.8 Å². The van der Waals surface area contributed by atoms with E-state index >= 15 is 0 Å². The van der Waals surface area contributed by atoms with Gasteiger partial charge < -0.3 is 9.80 Å². The van der Waals surface area contributed by atoms with Gasteiger partial charge in [-0.15, -0.1) is 11.3 Å². The van der Waals surface area contributed by atoms with Gasteiger partial charge in [-0.2, -0.15) is 17.9 Å². The highest BCUT2D eigenvalue weighted by Gasteiger charge is 2.34. The van der Waals surface area contributed by atoms with Crippen LogP contribution in [0.1, 0.15) is 22.4 Å². The molecule has 106 valence electrons. The van der Waals surface area contributed by atoms with Crippen molar-refractivity contribution >= 4 is 34.9 Å². The molecule has 1 unspecified atom stereocenters. The molecule has 1 fully saturated rings. The SMILES string of the molecule is CN1CCc2c(sc(N3CC(CS)CC3=O)c2C#N)C1. The fourth-order valence-corrected chi connectivity index (χ4v) is 4.57. The summed E-state index contributed by atoms with van der Waals surface area (Å²) in [6, 6.07) is 2.33. The lowest BCUT2D eigenvalue weighted by Gasteiger charge is -2.21. The standard InChI is InChI=1S/C14H17N3OS2/c1-16-3-2-10-11(5-15)14(20-12(10)7-16)17-6-9(8-19)4-13(17)18/h9,19H,2-4,6-8H2,1H3. The predicted octanol–water partition coefficient (Wildman–Crippen LogP) is 1.89. The summed E-state index contributed by atoms with van der Waals surface area (Å²) in [5, 5.41) is 10.4. The monoisotopic (exact) mass is 307 g/mol. The van der Waals surface area contributed by atoms with E-state index in [1.165, 1.54) is 4.88 Å². The molecule has 3 rings (SSSR count). The number of hydrogen-bond acceptors (Lipinski definition) is 5. The number of rotatable bonds is 2. The van der Waals surface area contributed by atoms with Crippen LogP contribution in [0.25, 0.3) is 0 Å². The van der Waals surface area contributed by atoms with E-state index in [9.17, 15) is 10.1 Å². The Kier molecular flexibility index (Phi) is 3.76. The first-order valence-electron chi connectivity index (χ1n) is 6.78. The third kappa shape index (κ3) is 2.24. The van der Waals surface area contributed by atoms with E-state index < -0.39 is 0 Å². The molecule has 1 saturated heterocycles. The van der Waals surface area contributed by atoms with E-state index in [1.807, 2.05) is 4.90 Å². The first kappa shape index (κ1) is 13.9. The van der Waals surface area contributed by atoms with Crippen molar-refractivity contribution in [2.45, 2.75) is 19.4 Å². The van der Waals surface area contributed by atoms with Gasteiger partial charge in [0, 0.05) is 30.9 Å². The normalized spacial score (nSPS) is 22.9. The van der Waals surface area contributed by atoms with E-state index in [2.05, 4.69) is 30.6 Å². The molecule has 20 heavy (non-hydrogen) atoms. The van der Waals surface area contributed by atoms with Crippen LogP contribution in [0.4, 0.5) is 5.00 Å². The number of amides is 1. The smallest absolute Gasteiger partial charge is 0.228 e. The van der Waals surface area contributed by atoms with Gasteiger partial charge in [0.15, 0.2) is 0 Å². The lowest BCUT2D eigenvalue weighted by molar-refractivity contribution is -0.117. The van der Waals surface area contributed by atoms with Crippen LogP contribution >= 0.6 is 24.0 Å². The molecule has 1 aromatic heterocycles. The molecule has 2 aliphatic heterocycles. The predicted molar refractivity (Wildman–Crippen MR) is 83.4 cm³/mol. The average molecular weight is 307 g/mol. The molecule has 0 radical (unpaired) electrons. The molecule has 0 aliphatic carbocycles. The second-order valence-electron chi connectivity index (χ2n) is 5.54. The summed E-state index contributed by atoms with van der Waals surface area (Å²) < 4.78 is 0. The minimum absolute atomic E-state index is 0.132. The van der Waals surface area contributed by atoms with Crippen LogP contribution < -0.4 is 4.90 Å². The summed E-state index contributed by atoms with van der Waals surface area (Å²) in [5.74, 6) is 1.16. The fraction of sp³-hybridized carbons (Fsp3) is 0.571.